The molecule has 0 N–H and O–H groups in total. The van der Waals surface area contributed by atoms with E-state index >= 15 is 0 Å². The van der Waals surface area contributed by atoms with Crippen molar-refractivity contribution in [1.29, 1.82) is 0 Å². The number of esters is 1. The zero-order valence-corrected chi connectivity index (χ0v) is 15.2. The maximum absolute atomic E-state index is 12.2. The number of hydrogen-bond donors (Lipinski definition) is 0. The van der Waals surface area contributed by atoms with E-state index in [0.717, 1.165) is 5.56 Å². The molecular formula is C17H21N7O2. The van der Waals surface area contributed by atoms with Crippen molar-refractivity contribution in [2.75, 3.05) is 0 Å². The van der Waals surface area contributed by atoms with Gasteiger partial charge in [0.15, 0.2) is 11.5 Å². The van der Waals surface area contributed by atoms with Gasteiger partial charge in [-0.3, -0.25) is 0 Å². The number of ether oxygens (including phenoxy) is 1. The van der Waals surface area contributed by atoms with E-state index in [-0.39, 0.29) is 5.69 Å². The number of hydrogen-bond acceptors (Lipinski definition) is 7. The maximum atomic E-state index is 12.2. The van der Waals surface area contributed by atoms with Crippen molar-refractivity contribution in [1.82, 2.24) is 35.2 Å². The second kappa shape index (κ2) is 7.03. The maximum Gasteiger partial charge on any atom is 0.361 e. The van der Waals surface area contributed by atoms with Crippen molar-refractivity contribution in [3.63, 3.8) is 0 Å². The third-order valence-electron chi connectivity index (χ3n) is 3.65. The fourth-order valence-corrected chi connectivity index (χ4v) is 2.38. The zero-order valence-electron chi connectivity index (χ0n) is 15.2. The number of nitrogens with zero attached hydrogens (tertiary/aromatic N) is 7. The van der Waals surface area contributed by atoms with Crippen LogP contribution in [0.15, 0.2) is 30.3 Å². The first kappa shape index (κ1) is 17.7. The van der Waals surface area contributed by atoms with Crippen LogP contribution in [-0.2, 0) is 17.8 Å². The summed E-state index contributed by atoms with van der Waals surface area (Å²) in [4.78, 5) is 12.2. The van der Waals surface area contributed by atoms with E-state index in [9.17, 15) is 4.79 Å². The molecule has 2 aromatic heterocycles. The van der Waals surface area contributed by atoms with Gasteiger partial charge >= 0.3 is 5.97 Å². The number of aromatic nitrogens is 7. The van der Waals surface area contributed by atoms with Crippen molar-refractivity contribution >= 4 is 5.97 Å². The number of benzene rings is 1. The smallest absolute Gasteiger partial charge is 0.361 e. The average Bonchev–Trinajstić information content (AvgIpc) is 3.15. The van der Waals surface area contributed by atoms with Crippen LogP contribution in [0.1, 0.15) is 48.3 Å². The van der Waals surface area contributed by atoms with Gasteiger partial charge in [-0.1, -0.05) is 35.5 Å². The fraction of sp³-hybridized carbons (Fsp3) is 0.412. The van der Waals surface area contributed by atoms with Crippen LogP contribution in [0, 0.1) is 6.92 Å². The summed E-state index contributed by atoms with van der Waals surface area (Å²) >= 11 is 0. The van der Waals surface area contributed by atoms with Crippen molar-refractivity contribution in [2.24, 2.45) is 0 Å². The summed E-state index contributed by atoms with van der Waals surface area (Å²) in [7, 11) is 0. The molecule has 0 spiro atoms. The Bertz CT molecular complexity index is 893. The van der Waals surface area contributed by atoms with Crippen molar-refractivity contribution < 1.29 is 9.53 Å². The van der Waals surface area contributed by atoms with Gasteiger partial charge in [0.05, 0.1) is 12.2 Å². The number of carbonyl (C=O) groups is 1. The number of tetrazole rings is 1. The SMILES string of the molecule is Cc1c(C(=O)OC(C)(C)C)nnn1Cc1nnnn1Cc1ccccc1. The molecule has 3 rings (SSSR count). The van der Waals surface area contributed by atoms with Gasteiger partial charge < -0.3 is 4.74 Å². The van der Waals surface area contributed by atoms with Crippen LogP contribution >= 0.6 is 0 Å². The van der Waals surface area contributed by atoms with E-state index in [0.29, 0.717) is 24.6 Å². The van der Waals surface area contributed by atoms with Crippen LogP contribution in [0.25, 0.3) is 0 Å². The van der Waals surface area contributed by atoms with Crippen LogP contribution < -0.4 is 0 Å². The first-order chi connectivity index (χ1) is 12.3. The van der Waals surface area contributed by atoms with E-state index in [1.165, 1.54) is 0 Å². The molecule has 0 atom stereocenters. The van der Waals surface area contributed by atoms with E-state index in [1.54, 1.807) is 16.3 Å². The monoisotopic (exact) mass is 355 g/mol. The Morgan fingerprint density at radius 2 is 1.77 bits per heavy atom. The minimum Gasteiger partial charge on any atom is -0.455 e. The molecule has 0 aliphatic carbocycles. The van der Waals surface area contributed by atoms with Gasteiger partial charge in [0.25, 0.3) is 0 Å². The van der Waals surface area contributed by atoms with Gasteiger partial charge in [0, 0.05) is 0 Å². The van der Waals surface area contributed by atoms with E-state index in [4.69, 9.17) is 4.74 Å². The van der Waals surface area contributed by atoms with Crippen LogP contribution in [0.2, 0.25) is 0 Å². The van der Waals surface area contributed by atoms with E-state index in [1.807, 2.05) is 51.1 Å². The summed E-state index contributed by atoms with van der Waals surface area (Å²) in [6.45, 7) is 8.05. The summed E-state index contributed by atoms with van der Waals surface area (Å²) in [5.74, 6) is 0.128. The molecular weight excluding hydrogens is 334 g/mol. The van der Waals surface area contributed by atoms with Crippen LogP contribution in [0.5, 0.6) is 0 Å². The second-order valence-electron chi connectivity index (χ2n) is 6.92. The molecule has 26 heavy (non-hydrogen) atoms. The number of carbonyl (C=O) groups excluding carboxylic acids is 1. The van der Waals surface area contributed by atoms with Gasteiger partial charge in [0.1, 0.15) is 12.1 Å². The molecule has 1 aromatic carbocycles. The molecule has 0 saturated heterocycles. The Hall–Kier alpha value is -3.10. The Morgan fingerprint density at radius 1 is 1.04 bits per heavy atom. The van der Waals surface area contributed by atoms with Gasteiger partial charge in [-0.15, -0.1) is 10.2 Å². The minimum atomic E-state index is -0.590. The van der Waals surface area contributed by atoms with Crippen molar-refractivity contribution in [3.05, 3.63) is 53.1 Å². The molecule has 9 nitrogen and oxygen atoms in total. The molecule has 0 aliphatic heterocycles. The van der Waals surface area contributed by atoms with Crippen LogP contribution in [0.4, 0.5) is 0 Å². The highest BCUT2D eigenvalue weighted by molar-refractivity contribution is 5.88. The quantitative estimate of drug-likeness (QED) is 0.641. The van der Waals surface area contributed by atoms with Gasteiger partial charge in [-0.2, -0.15) is 0 Å². The molecule has 0 unspecified atom stereocenters. The summed E-state index contributed by atoms with van der Waals surface area (Å²) in [5, 5.41) is 19.8. The summed E-state index contributed by atoms with van der Waals surface area (Å²) in [6.07, 6.45) is 0. The number of rotatable bonds is 5. The Labute approximate surface area is 151 Å². The first-order valence-corrected chi connectivity index (χ1v) is 8.26. The molecule has 3 aromatic rings. The Balaban J connectivity index is 1.77. The molecule has 0 aliphatic rings. The fourth-order valence-electron chi connectivity index (χ4n) is 2.38. The van der Waals surface area contributed by atoms with Gasteiger partial charge in [-0.05, 0) is 43.7 Å². The predicted molar refractivity (Wildman–Crippen MR) is 92.4 cm³/mol. The first-order valence-electron chi connectivity index (χ1n) is 8.26. The molecule has 0 fully saturated rings. The van der Waals surface area contributed by atoms with Gasteiger partial charge in [0.2, 0.25) is 0 Å². The Morgan fingerprint density at radius 3 is 2.46 bits per heavy atom. The van der Waals surface area contributed by atoms with E-state index in [2.05, 4.69) is 25.8 Å². The predicted octanol–water partition coefficient (Wildman–Crippen LogP) is 1.62. The minimum absolute atomic E-state index is 0.196. The lowest BCUT2D eigenvalue weighted by Crippen LogP contribution is -2.24. The largest absolute Gasteiger partial charge is 0.455 e. The zero-order chi connectivity index (χ0) is 18.7. The highest BCUT2D eigenvalue weighted by atomic mass is 16.6. The summed E-state index contributed by atoms with van der Waals surface area (Å²) in [5.41, 5.74) is 1.30. The molecule has 0 saturated carbocycles. The third kappa shape index (κ3) is 4.11. The van der Waals surface area contributed by atoms with Crippen molar-refractivity contribution in [3.8, 4) is 0 Å². The standard InChI is InChI=1S/C17H21N7O2/c1-12-15(16(25)26-17(2,3)4)19-21-23(12)11-14-18-20-22-24(14)10-13-8-6-5-7-9-13/h5-9H,10-11H2,1-4H3. The molecule has 0 radical (unpaired) electrons. The second-order valence-corrected chi connectivity index (χ2v) is 6.92. The Kier molecular flexibility index (Phi) is 4.79. The summed E-state index contributed by atoms with van der Waals surface area (Å²) in [6, 6.07) is 9.91. The van der Waals surface area contributed by atoms with Crippen LogP contribution in [-0.4, -0.2) is 46.8 Å². The van der Waals surface area contributed by atoms with Gasteiger partial charge in [-0.25, -0.2) is 14.2 Å². The molecule has 9 heteroatoms. The topological polar surface area (TPSA) is 101 Å². The highest BCUT2D eigenvalue weighted by Crippen LogP contribution is 2.14. The van der Waals surface area contributed by atoms with E-state index < -0.39 is 11.6 Å². The molecule has 0 bridgehead atoms. The molecule has 2 heterocycles. The average molecular weight is 355 g/mol. The van der Waals surface area contributed by atoms with Crippen LogP contribution in [0.3, 0.4) is 0 Å². The lowest BCUT2D eigenvalue weighted by molar-refractivity contribution is 0.00618. The molecule has 0 amide bonds. The highest BCUT2D eigenvalue weighted by Gasteiger charge is 2.24. The summed E-state index contributed by atoms with van der Waals surface area (Å²) < 4.78 is 8.64. The molecule has 136 valence electrons. The lowest BCUT2D eigenvalue weighted by Gasteiger charge is -2.18. The third-order valence-corrected chi connectivity index (χ3v) is 3.65. The normalized spacial score (nSPS) is 11.5. The van der Waals surface area contributed by atoms with Crippen molar-refractivity contribution in [2.45, 2.75) is 46.4 Å². The lowest BCUT2D eigenvalue weighted by atomic mass is 10.2.